The fourth-order valence-corrected chi connectivity index (χ4v) is 1.82. The Balaban J connectivity index is 2.41. The maximum Gasteiger partial charge on any atom is 0.238 e. The molecule has 4 heteroatoms. The molecule has 1 aromatic carbocycles. The van der Waals surface area contributed by atoms with E-state index in [2.05, 4.69) is 17.6 Å². The van der Waals surface area contributed by atoms with Crippen molar-refractivity contribution >= 4 is 11.6 Å². The lowest BCUT2D eigenvalue weighted by Gasteiger charge is -2.14. The number of ether oxygens (including phenoxy) is 1. The number of nitrogens with one attached hydrogen (secondary N) is 2. The van der Waals surface area contributed by atoms with Crippen molar-refractivity contribution < 1.29 is 9.53 Å². The van der Waals surface area contributed by atoms with Crippen molar-refractivity contribution in [1.82, 2.24) is 5.32 Å². The van der Waals surface area contributed by atoms with Gasteiger partial charge in [-0.2, -0.15) is 0 Å². The lowest BCUT2D eigenvalue weighted by Crippen LogP contribution is -2.29. The van der Waals surface area contributed by atoms with Gasteiger partial charge in [-0.05, 0) is 38.9 Å². The van der Waals surface area contributed by atoms with Gasteiger partial charge in [0.05, 0.1) is 18.3 Å². The van der Waals surface area contributed by atoms with E-state index >= 15 is 0 Å². The van der Waals surface area contributed by atoms with Gasteiger partial charge in [-0.25, -0.2) is 0 Å². The third-order valence-corrected chi connectivity index (χ3v) is 2.77. The van der Waals surface area contributed by atoms with Crippen molar-refractivity contribution in [3.63, 3.8) is 0 Å². The first-order valence-electron chi connectivity index (χ1n) is 7.39. The summed E-state index contributed by atoms with van der Waals surface area (Å²) in [5, 5.41) is 6.03. The molecule has 1 amide bonds. The second-order valence-electron chi connectivity index (χ2n) is 5.09. The minimum Gasteiger partial charge on any atom is -0.489 e. The van der Waals surface area contributed by atoms with Gasteiger partial charge >= 0.3 is 0 Å². The minimum atomic E-state index is -0.0405. The van der Waals surface area contributed by atoms with Gasteiger partial charge in [0, 0.05) is 0 Å². The lowest BCUT2D eigenvalue weighted by atomic mass is 10.2. The van der Waals surface area contributed by atoms with Crippen molar-refractivity contribution in [2.24, 2.45) is 0 Å². The smallest absolute Gasteiger partial charge is 0.238 e. The van der Waals surface area contributed by atoms with Crippen LogP contribution in [0.1, 0.15) is 40.0 Å². The molecular formula is C16H26N2O2. The van der Waals surface area contributed by atoms with Crippen LogP contribution in [0, 0.1) is 0 Å². The van der Waals surface area contributed by atoms with E-state index in [-0.39, 0.29) is 12.0 Å². The van der Waals surface area contributed by atoms with Crippen molar-refractivity contribution in [3.8, 4) is 5.75 Å². The summed E-state index contributed by atoms with van der Waals surface area (Å²) in [6, 6.07) is 7.50. The summed E-state index contributed by atoms with van der Waals surface area (Å²) in [6.45, 7) is 7.31. The van der Waals surface area contributed by atoms with E-state index in [1.165, 1.54) is 12.8 Å². The molecule has 0 bridgehead atoms. The lowest BCUT2D eigenvalue weighted by molar-refractivity contribution is -0.115. The highest BCUT2D eigenvalue weighted by Gasteiger charge is 2.08. The topological polar surface area (TPSA) is 50.4 Å². The highest BCUT2D eigenvalue weighted by Crippen LogP contribution is 2.24. The highest BCUT2D eigenvalue weighted by atomic mass is 16.5. The predicted octanol–water partition coefficient (Wildman–Crippen LogP) is 3.19. The van der Waals surface area contributed by atoms with E-state index in [0.717, 1.165) is 18.7 Å². The van der Waals surface area contributed by atoms with Crippen LogP contribution in [0.5, 0.6) is 5.75 Å². The largest absolute Gasteiger partial charge is 0.489 e. The second kappa shape index (κ2) is 9.37. The number of para-hydroxylation sites is 2. The Morgan fingerprint density at radius 1 is 1.25 bits per heavy atom. The van der Waals surface area contributed by atoms with Crippen LogP contribution in [-0.2, 0) is 4.79 Å². The van der Waals surface area contributed by atoms with Crippen LogP contribution in [-0.4, -0.2) is 25.1 Å². The van der Waals surface area contributed by atoms with Crippen molar-refractivity contribution in [3.05, 3.63) is 24.3 Å². The summed E-state index contributed by atoms with van der Waals surface area (Å²) in [5.74, 6) is 0.670. The van der Waals surface area contributed by atoms with Gasteiger partial charge < -0.3 is 15.4 Å². The summed E-state index contributed by atoms with van der Waals surface area (Å²) in [5.41, 5.74) is 0.724. The van der Waals surface area contributed by atoms with Gasteiger partial charge in [-0.3, -0.25) is 4.79 Å². The van der Waals surface area contributed by atoms with E-state index in [9.17, 15) is 4.79 Å². The van der Waals surface area contributed by atoms with E-state index < -0.39 is 0 Å². The average molecular weight is 278 g/mol. The molecule has 0 aliphatic carbocycles. The number of hydrogen-bond acceptors (Lipinski definition) is 3. The molecule has 0 heterocycles. The summed E-state index contributed by atoms with van der Waals surface area (Å²) >= 11 is 0. The van der Waals surface area contributed by atoms with Crippen LogP contribution in [0.2, 0.25) is 0 Å². The van der Waals surface area contributed by atoms with Gasteiger partial charge in [0.15, 0.2) is 0 Å². The molecule has 0 unspecified atom stereocenters. The molecule has 0 aliphatic heterocycles. The number of hydrogen-bond donors (Lipinski definition) is 2. The summed E-state index contributed by atoms with van der Waals surface area (Å²) in [6.07, 6.45) is 3.57. The van der Waals surface area contributed by atoms with E-state index in [1.807, 2.05) is 38.1 Å². The Kier molecular flexibility index (Phi) is 7.73. The molecule has 0 atom stereocenters. The van der Waals surface area contributed by atoms with E-state index in [4.69, 9.17) is 4.74 Å². The number of carbonyl (C=O) groups is 1. The number of rotatable bonds is 9. The van der Waals surface area contributed by atoms with Gasteiger partial charge in [0.25, 0.3) is 0 Å². The zero-order valence-corrected chi connectivity index (χ0v) is 12.7. The molecule has 0 saturated heterocycles. The van der Waals surface area contributed by atoms with Gasteiger partial charge in [-0.15, -0.1) is 0 Å². The summed E-state index contributed by atoms with van der Waals surface area (Å²) < 4.78 is 5.67. The summed E-state index contributed by atoms with van der Waals surface area (Å²) in [4.78, 5) is 11.9. The third kappa shape index (κ3) is 6.57. The SMILES string of the molecule is CCCCCNCC(=O)Nc1ccccc1OC(C)C. The number of anilines is 1. The molecule has 0 fully saturated rings. The fraction of sp³-hybridized carbons (Fsp3) is 0.562. The fourth-order valence-electron chi connectivity index (χ4n) is 1.82. The standard InChI is InChI=1S/C16H26N2O2/c1-4-5-8-11-17-12-16(19)18-14-9-6-7-10-15(14)20-13(2)3/h6-7,9-10,13,17H,4-5,8,11-12H2,1-3H3,(H,18,19). The number of benzene rings is 1. The van der Waals surface area contributed by atoms with Crippen molar-refractivity contribution in [1.29, 1.82) is 0 Å². The highest BCUT2D eigenvalue weighted by molar-refractivity contribution is 5.93. The molecule has 112 valence electrons. The molecule has 20 heavy (non-hydrogen) atoms. The molecule has 0 saturated carbocycles. The first-order chi connectivity index (χ1) is 9.63. The number of carbonyl (C=O) groups excluding carboxylic acids is 1. The van der Waals surface area contributed by atoms with Crippen LogP contribution in [0.15, 0.2) is 24.3 Å². The number of unbranched alkanes of at least 4 members (excludes halogenated alkanes) is 2. The van der Waals surface area contributed by atoms with Crippen LogP contribution in [0.4, 0.5) is 5.69 Å². The minimum absolute atomic E-state index is 0.0405. The molecule has 0 radical (unpaired) electrons. The Labute approximate surface area is 121 Å². The molecule has 4 nitrogen and oxygen atoms in total. The predicted molar refractivity (Wildman–Crippen MR) is 83.2 cm³/mol. The zero-order chi connectivity index (χ0) is 14.8. The Morgan fingerprint density at radius 3 is 2.70 bits per heavy atom. The van der Waals surface area contributed by atoms with Crippen LogP contribution < -0.4 is 15.4 Å². The van der Waals surface area contributed by atoms with Crippen LogP contribution in [0.3, 0.4) is 0 Å². The Morgan fingerprint density at radius 2 is 2.00 bits per heavy atom. The number of amides is 1. The zero-order valence-electron chi connectivity index (χ0n) is 12.7. The molecular weight excluding hydrogens is 252 g/mol. The monoisotopic (exact) mass is 278 g/mol. The van der Waals surface area contributed by atoms with Gasteiger partial charge in [-0.1, -0.05) is 31.9 Å². The van der Waals surface area contributed by atoms with Crippen molar-refractivity contribution in [2.75, 3.05) is 18.4 Å². The normalized spacial score (nSPS) is 10.6. The van der Waals surface area contributed by atoms with Crippen molar-refractivity contribution in [2.45, 2.75) is 46.1 Å². The molecule has 0 aromatic heterocycles. The molecule has 1 aromatic rings. The quantitative estimate of drug-likeness (QED) is 0.682. The molecule has 2 N–H and O–H groups in total. The average Bonchev–Trinajstić information content (AvgIpc) is 2.40. The first-order valence-corrected chi connectivity index (χ1v) is 7.39. The maximum atomic E-state index is 11.9. The van der Waals surface area contributed by atoms with Crippen LogP contribution in [0.25, 0.3) is 0 Å². The molecule has 1 rings (SSSR count). The first kappa shape index (κ1) is 16.5. The Hall–Kier alpha value is -1.55. The van der Waals surface area contributed by atoms with E-state index in [1.54, 1.807) is 0 Å². The third-order valence-electron chi connectivity index (χ3n) is 2.77. The van der Waals surface area contributed by atoms with Gasteiger partial charge in [0.1, 0.15) is 5.75 Å². The van der Waals surface area contributed by atoms with Crippen LogP contribution >= 0.6 is 0 Å². The van der Waals surface area contributed by atoms with Gasteiger partial charge in [0.2, 0.25) is 5.91 Å². The molecule has 0 spiro atoms. The molecule has 0 aliphatic rings. The van der Waals surface area contributed by atoms with E-state index in [0.29, 0.717) is 12.3 Å². The summed E-state index contributed by atoms with van der Waals surface area (Å²) in [7, 11) is 0. The Bertz CT molecular complexity index is 405. The second-order valence-corrected chi connectivity index (χ2v) is 5.09. The maximum absolute atomic E-state index is 11.9.